The highest BCUT2D eigenvalue weighted by atomic mass is 19.4. The first-order chi connectivity index (χ1) is 7.01. The van der Waals surface area contributed by atoms with Gasteiger partial charge < -0.3 is 9.73 Å². The molecule has 0 unspecified atom stereocenters. The third-order valence-corrected chi connectivity index (χ3v) is 1.66. The van der Waals surface area contributed by atoms with E-state index in [1.807, 2.05) is 0 Å². The van der Waals surface area contributed by atoms with Crippen molar-refractivity contribution in [3.8, 4) is 6.07 Å². The first-order valence-electron chi connectivity index (χ1n) is 4.27. The van der Waals surface area contributed by atoms with Gasteiger partial charge in [0.25, 0.3) is 0 Å². The van der Waals surface area contributed by atoms with Gasteiger partial charge in [-0.25, -0.2) is 0 Å². The summed E-state index contributed by atoms with van der Waals surface area (Å²) in [4.78, 5) is 0. The first-order valence-corrected chi connectivity index (χ1v) is 4.27. The monoisotopic (exact) mass is 218 g/mol. The van der Waals surface area contributed by atoms with Crippen LogP contribution in [0.4, 0.5) is 13.2 Å². The van der Waals surface area contributed by atoms with Crippen molar-refractivity contribution in [2.24, 2.45) is 0 Å². The predicted molar refractivity (Wildman–Crippen MR) is 45.8 cm³/mol. The molecule has 6 heteroatoms. The molecule has 1 aromatic heterocycles. The molecule has 0 aliphatic carbocycles. The minimum absolute atomic E-state index is 0.155. The molecule has 0 spiro atoms. The van der Waals surface area contributed by atoms with E-state index in [0.717, 1.165) is 0 Å². The minimum atomic E-state index is -4.14. The van der Waals surface area contributed by atoms with E-state index in [9.17, 15) is 13.2 Å². The zero-order chi connectivity index (χ0) is 11.3. The molecule has 1 rings (SSSR count). The van der Waals surface area contributed by atoms with Gasteiger partial charge in [0.15, 0.2) is 0 Å². The molecule has 0 aromatic carbocycles. The number of hydrogen-bond donors (Lipinski definition) is 1. The van der Waals surface area contributed by atoms with E-state index >= 15 is 0 Å². The largest absolute Gasteiger partial charge is 0.449 e. The summed E-state index contributed by atoms with van der Waals surface area (Å²) in [7, 11) is 0. The normalized spacial score (nSPS) is 11.3. The molecule has 0 amide bonds. The van der Waals surface area contributed by atoms with Crippen LogP contribution in [0.2, 0.25) is 0 Å². The summed E-state index contributed by atoms with van der Waals surface area (Å²) >= 11 is 0. The third kappa shape index (κ3) is 4.51. The lowest BCUT2D eigenvalue weighted by Crippen LogP contribution is -2.21. The molecule has 0 aliphatic rings. The highest BCUT2D eigenvalue weighted by Crippen LogP contribution is 2.18. The Morgan fingerprint density at radius 2 is 2.13 bits per heavy atom. The van der Waals surface area contributed by atoms with Crippen LogP contribution in [0.15, 0.2) is 16.5 Å². The van der Waals surface area contributed by atoms with Gasteiger partial charge in [0.05, 0.1) is 13.0 Å². The van der Waals surface area contributed by atoms with Gasteiger partial charge in [-0.1, -0.05) is 0 Å². The molecule has 0 fully saturated rings. The second-order valence-electron chi connectivity index (χ2n) is 2.92. The number of nitriles is 1. The van der Waals surface area contributed by atoms with Crippen molar-refractivity contribution in [3.63, 3.8) is 0 Å². The average Bonchev–Trinajstić information content (AvgIpc) is 2.59. The van der Waals surface area contributed by atoms with Gasteiger partial charge in [0.2, 0.25) is 5.76 Å². The third-order valence-electron chi connectivity index (χ3n) is 1.66. The second-order valence-corrected chi connectivity index (χ2v) is 2.92. The Morgan fingerprint density at radius 3 is 2.67 bits per heavy atom. The van der Waals surface area contributed by atoms with Crippen LogP contribution in [-0.2, 0) is 6.54 Å². The van der Waals surface area contributed by atoms with Gasteiger partial charge >= 0.3 is 6.18 Å². The van der Waals surface area contributed by atoms with Crippen LogP contribution >= 0.6 is 0 Å². The maximum atomic E-state index is 11.7. The SMILES string of the molecule is N#Cc1ccc(CNCCC(F)(F)F)o1. The van der Waals surface area contributed by atoms with Gasteiger partial charge in [0.1, 0.15) is 11.8 Å². The van der Waals surface area contributed by atoms with Crippen LogP contribution in [0.1, 0.15) is 17.9 Å². The molecular formula is C9H9F3N2O. The summed E-state index contributed by atoms with van der Waals surface area (Å²) in [5.41, 5.74) is 0. The van der Waals surface area contributed by atoms with Crippen molar-refractivity contribution in [1.82, 2.24) is 5.32 Å². The standard InChI is InChI=1S/C9H9F3N2O/c10-9(11,12)3-4-14-6-8-2-1-7(5-13)15-8/h1-2,14H,3-4,6H2. The molecule has 0 radical (unpaired) electrons. The topological polar surface area (TPSA) is 49.0 Å². The van der Waals surface area contributed by atoms with Gasteiger partial charge in [-0.3, -0.25) is 0 Å². The summed E-state index contributed by atoms with van der Waals surface area (Å²) in [5.74, 6) is 0.608. The van der Waals surface area contributed by atoms with Gasteiger partial charge in [-0.15, -0.1) is 0 Å². The van der Waals surface area contributed by atoms with Gasteiger partial charge in [-0.2, -0.15) is 18.4 Å². The van der Waals surface area contributed by atoms with Crippen molar-refractivity contribution in [2.75, 3.05) is 6.54 Å². The number of furan rings is 1. The quantitative estimate of drug-likeness (QED) is 0.788. The van der Waals surface area contributed by atoms with Crippen molar-refractivity contribution < 1.29 is 17.6 Å². The average molecular weight is 218 g/mol. The Labute approximate surface area is 84.5 Å². The van der Waals surface area contributed by atoms with Crippen LogP contribution in [0.3, 0.4) is 0 Å². The minimum Gasteiger partial charge on any atom is -0.449 e. The molecule has 1 heterocycles. The molecule has 1 N–H and O–H groups in total. The van der Waals surface area contributed by atoms with Crippen LogP contribution < -0.4 is 5.32 Å². The van der Waals surface area contributed by atoms with Crippen molar-refractivity contribution in [3.05, 3.63) is 23.7 Å². The molecule has 1 aromatic rings. The van der Waals surface area contributed by atoms with Crippen LogP contribution in [-0.4, -0.2) is 12.7 Å². The Hall–Kier alpha value is -1.48. The van der Waals surface area contributed by atoms with E-state index < -0.39 is 12.6 Å². The summed E-state index contributed by atoms with van der Waals surface area (Å²) in [6.45, 7) is 0.0316. The number of alkyl halides is 3. The van der Waals surface area contributed by atoms with Crippen molar-refractivity contribution in [1.29, 1.82) is 5.26 Å². The van der Waals surface area contributed by atoms with E-state index in [-0.39, 0.29) is 18.8 Å². The molecule has 0 saturated heterocycles. The first kappa shape index (κ1) is 11.6. The molecule has 82 valence electrons. The summed E-state index contributed by atoms with van der Waals surface area (Å²) in [5, 5.41) is 11.0. The molecule has 0 atom stereocenters. The van der Waals surface area contributed by atoms with Crippen molar-refractivity contribution >= 4 is 0 Å². The number of nitrogens with zero attached hydrogens (tertiary/aromatic N) is 1. The van der Waals surface area contributed by atoms with Crippen molar-refractivity contribution in [2.45, 2.75) is 19.1 Å². The molecule has 0 saturated carbocycles. The van der Waals surface area contributed by atoms with E-state index in [0.29, 0.717) is 5.76 Å². The summed E-state index contributed by atoms with van der Waals surface area (Å²) in [6, 6.07) is 4.82. The van der Waals surface area contributed by atoms with E-state index in [1.165, 1.54) is 6.07 Å². The molecule has 15 heavy (non-hydrogen) atoms. The van der Waals surface area contributed by atoms with E-state index in [4.69, 9.17) is 9.68 Å². The van der Waals surface area contributed by atoms with E-state index in [1.54, 1.807) is 12.1 Å². The van der Waals surface area contributed by atoms with Crippen LogP contribution in [0.5, 0.6) is 0 Å². The number of nitrogens with one attached hydrogen (secondary N) is 1. The maximum Gasteiger partial charge on any atom is 0.390 e. The highest BCUT2D eigenvalue weighted by Gasteiger charge is 2.25. The van der Waals surface area contributed by atoms with E-state index in [2.05, 4.69) is 5.32 Å². The highest BCUT2D eigenvalue weighted by molar-refractivity contribution is 5.18. The smallest absolute Gasteiger partial charge is 0.390 e. The van der Waals surface area contributed by atoms with Crippen LogP contribution in [0.25, 0.3) is 0 Å². The lowest BCUT2D eigenvalue weighted by Gasteiger charge is -2.05. The predicted octanol–water partition coefficient (Wildman–Crippen LogP) is 2.19. The van der Waals surface area contributed by atoms with Gasteiger partial charge in [-0.05, 0) is 12.1 Å². The number of halogens is 3. The Morgan fingerprint density at radius 1 is 1.40 bits per heavy atom. The molecular weight excluding hydrogens is 209 g/mol. The zero-order valence-electron chi connectivity index (χ0n) is 7.77. The van der Waals surface area contributed by atoms with Crippen LogP contribution in [0, 0.1) is 11.3 Å². The second kappa shape index (κ2) is 4.84. The summed E-state index contributed by atoms with van der Waals surface area (Å²) < 4.78 is 40.2. The zero-order valence-corrected chi connectivity index (χ0v) is 7.77. The Bertz CT molecular complexity index is 351. The fourth-order valence-electron chi connectivity index (χ4n) is 0.975. The summed E-state index contributed by atoms with van der Waals surface area (Å²) in [6.07, 6.45) is -5.02. The number of rotatable bonds is 4. The Kier molecular flexibility index (Phi) is 3.74. The fraction of sp³-hybridized carbons (Fsp3) is 0.444. The lowest BCUT2D eigenvalue weighted by atomic mass is 10.4. The Balaban J connectivity index is 2.24. The molecule has 3 nitrogen and oxygen atoms in total. The van der Waals surface area contributed by atoms with Gasteiger partial charge in [0, 0.05) is 6.54 Å². The maximum absolute atomic E-state index is 11.7. The molecule has 0 bridgehead atoms. The number of hydrogen-bond acceptors (Lipinski definition) is 3. The lowest BCUT2D eigenvalue weighted by molar-refractivity contribution is -0.133. The molecule has 0 aliphatic heterocycles. The fourth-order valence-corrected chi connectivity index (χ4v) is 0.975.